The summed E-state index contributed by atoms with van der Waals surface area (Å²) in [6.45, 7) is 0. The van der Waals surface area contributed by atoms with Crippen LogP contribution in [-0.4, -0.2) is 0 Å². The summed E-state index contributed by atoms with van der Waals surface area (Å²) in [5.74, 6) is 0. The molecule has 0 N–H and O–H groups in total. The van der Waals surface area contributed by atoms with E-state index in [0.717, 1.165) is 19.3 Å². The molecule has 0 aromatic carbocycles. The van der Waals surface area contributed by atoms with E-state index in [1.54, 1.807) is 0 Å². The number of allylic oxidation sites excluding steroid dienone is 12. The molecule has 0 heterocycles. The maximum atomic E-state index is 2.99. The molecular formula is C15H15Pu-3. The van der Waals surface area contributed by atoms with Gasteiger partial charge < -0.3 is 0 Å². The van der Waals surface area contributed by atoms with Crippen LogP contribution < -0.4 is 0 Å². The van der Waals surface area contributed by atoms with Crippen molar-refractivity contribution in [3.8, 4) is 0 Å². The molecule has 3 aliphatic carbocycles. The van der Waals surface area contributed by atoms with E-state index in [1.807, 2.05) is 36.5 Å². The van der Waals surface area contributed by atoms with Gasteiger partial charge in [-0.1, -0.05) is 0 Å². The van der Waals surface area contributed by atoms with E-state index in [9.17, 15) is 0 Å². The molecule has 0 radical (unpaired) electrons. The van der Waals surface area contributed by atoms with E-state index in [4.69, 9.17) is 0 Å². The van der Waals surface area contributed by atoms with Gasteiger partial charge in [0.05, 0.1) is 0 Å². The maximum Gasteiger partial charge on any atom is 0 e. The first-order chi connectivity index (χ1) is 7.50. The van der Waals surface area contributed by atoms with Crippen molar-refractivity contribution in [1.29, 1.82) is 0 Å². The summed E-state index contributed by atoms with van der Waals surface area (Å²) in [4.78, 5) is 0. The van der Waals surface area contributed by atoms with E-state index in [2.05, 4.69) is 36.5 Å². The normalized spacial score (nSPS) is 16.5. The predicted octanol–water partition coefficient (Wildman–Crippen LogP) is 3.92. The van der Waals surface area contributed by atoms with Gasteiger partial charge >= 0.3 is 0 Å². The molecule has 3 aliphatic rings. The van der Waals surface area contributed by atoms with Crippen LogP contribution >= 0.6 is 0 Å². The Morgan fingerprint density at radius 2 is 0.875 bits per heavy atom. The van der Waals surface area contributed by atoms with Crippen molar-refractivity contribution in [1.82, 2.24) is 0 Å². The molecule has 0 fully saturated rings. The van der Waals surface area contributed by atoms with Gasteiger partial charge in [-0.25, -0.2) is 36.5 Å². The zero-order valence-electron chi connectivity index (χ0n) is 9.23. The molecule has 0 spiro atoms. The first-order valence-corrected chi connectivity index (χ1v) is 5.15. The summed E-state index contributed by atoms with van der Waals surface area (Å²) in [5.41, 5.74) is 0. The Labute approximate surface area is 121 Å². The van der Waals surface area contributed by atoms with Gasteiger partial charge in [-0.05, 0) is 0 Å². The SMILES string of the molecule is [C-]1=CC=CC1.[C-]1=CC=CC1.[C-]1=CC=CC1.[Pu]. The molecule has 0 aliphatic heterocycles. The summed E-state index contributed by atoms with van der Waals surface area (Å²) >= 11 is 0. The number of rotatable bonds is 0. The molecule has 16 heavy (non-hydrogen) atoms. The average molecular weight is 439 g/mol. The first kappa shape index (κ1) is 15.4. The number of hydrogen-bond donors (Lipinski definition) is 0. The van der Waals surface area contributed by atoms with Gasteiger partial charge in [-0.3, -0.25) is 18.2 Å². The maximum absolute atomic E-state index is 2.99. The Balaban J connectivity index is 0.000000205. The van der Waals surface area contributed by atoms with Gasteiger partial charge in [0, 0.05) is 29.2 Å². The van der Waals surface area contributed by atoms with Crippen LogP contribution in [0.1, 0.15) is 19.3 Å². The van der Waals surface area contributed by atoms with Crippen molar-refractivity contribution in [2.75, 3.05) is 0 Å². The van der Waals surface area contributed by atoms with Crippen LogP contribution in [0, 0.1) is 47.4 Å². The molecule has 0 saturated heterocycles. The van der Waals surface area contributed by atoms with Crippen LogP contribution in [-0.2, 0) is 0 Å². The van der Waals surface area contributed by atoms with Gasteiger partial charge in [0.15, 0.2) is 0 Å². The summed E-state index contributed by atoms with van der Waals surface area (Å²) < 4.78 is 0. The van der Waals surface area contributed by atoms with Crippen molar-refractivity contribution >= 4 is 0 Å². The molecule has 0 nitrogen and oxygen atoms in total. The second-order valence-corrected chi connectivity index (χ2v) is 3.01. The Morgan fingerprint density at radius 1 is 0.562 bits per heavy atom. The zero-order valence-corrected chi connectivity index (χ0v) is 12.6. The molecule has 0 unspecified atom stereocenters. The Bertz CT molecular complexity index is 232. The fourth-order valence-electron chi connectivity index (χ4n) is 1.02. The predicted molar refractivity (Wildman–Crippen MR) is 64.7 cm³/mol. The molecule has 0 saturated carbocycles. The molecule has 0 aromatic rings. The molecule has 0 bridgehead atoms. The van der Waals surface area contributed by atoms with Crippen molar-refractivity contribution < 1.29 is 29.2 Å². The van der Waals surface area contributed by atoms with Crippen LogP contribution in [0.5, 0.6) is 0 Å². The standard InChI is InChI=1S/3C5H5.Pu/c3*1-2-4-5-3-1;/h3*1-3H,4H2;/q3*-1;. The van der Waals surface area contributed by atoms with Crippen LogP contribution in [0.15, 0.2) is 54.7 Å². The van der Waals surface area contributed by atoms with Crippen molar-refractivity contribution in [2.24, 2.45) is 0 Å². The van der Waals surface area contributed by atoms with E-state index in [0.29, 0.717) is 0 Å². The van der Waals surface area contributed by atoms with Crippen LogP contribution in [0.2, 0.25) is 0 Å². The Kier molecular flexibility index (Phi) is 12.0. The minimum absolute atomic E-state index is 0. The van der Waals surface area contributed by atoms with E-state index < -0.39 is 0 Å². The summed E-state index contributed by atoms with van der Waals surface area (Å²) in [6, 6.07) is 0. The van der Waals surface area contributed by atoms with Gasteiger partial charge in [0.25, 0.3) is 0 Å². The first-order valence-electron chi connectivity index (χ1n) is 5.15. The van der Waals surface area contributed by atoms with E-state index >= 15 is 0 Å². The van der Waals surface area contributed by atoms with E-state index in [-0.39, 0.29) is 29.2 Å². The summed E-state index contributed by atoms with van der Waals surface area (Å²) in [6.07, 6.45) is 30.0. The molecule has 0 aromatic heterocycles. The zero-order chi connectivity index (χ0) is 10.6. The molecule has 1 heteroatoms. The average Bonchev–Trinajstić information content (AvgIpc) is 3.09. The molecule has 0 amide bonds. The molecular weight excluding hydrogens is 424 g/mol. The summed E-state index contributed by atoms with van der Waals surface area (Å²) in [7, 11) is 0. The third kappa shape index (κ3) is 9.96. The monoisotopic (exact) mass is 433 g/mol. The van der Waals surface area contributed by atoms with Crippen LogP contribution in [0.4, 0.5) is 0 Å². The second kappa shape index (κ2) is 12.5. The van der Waals surface area contributed by atoms with Crippen LogP contribution in [0.25, 0.3) is 0 Å². The Hall–Kier alpha value is -0.573. The smallest absolute Gasteiger partial charge is 0 e. The van der Waals surface area contributed by atoms with Gasteiger partial charge in [-0.15, -0.1) is 19.3 Å². The van der Waals surface area contributed by atoms with Crippen molar-refractivity contribution in [3.05, 3.63) is 72.9 Å². The van der Waals surface area contributed by atoms with Crippen LogP contribution in [0.3, 0.4) is 0 Å². The van der Waals surface area contributed by atoms with Gasteiger partial charge in [-0.2, -0.15) is 18.2 Å². The van der Waals surface area contributed by atoms with Gasteiger partial charge in [0.1, 0.15) is 0 Å². The minimum Gasteiger partial charge on any atom is -0.273 e. The van der Waals surface area contributed by atoms with E-state index in [1.165, 1.54) is 0 Å². The summed E-state index contributed by atoms with van der Waals surface area (Å²) in [5, 5.41) is 0. The number of hydrogen-bond acceptors (Lipinski definition) is 0. The van der Waals surface area contributed by atoms with Crippen molar-refractivity contribution in [3.63, 3.8) is 0 Å². The Morgan fingerprint density at radius 3 is 0.938 bits per heavy atom. The fraction of sp³-hybridized carbons (Fsp3) is 0.200. The quantitative estimate of drug-likeness (QED) is 0.503. The molecule has 3 rings (SSSR count). The third-order valence-electron chi connectivity index (χ3n) is 1.76. The van der Waals surface area contributed by atoms with Crippen molar-refractivity contribution in [2.45, 2.75) is 19.3 Å². The minimum atomic E-state index is 0. The topological polar surface area (TPSA) is 0 Å². The molecule has 0 atom stereocenters. The largest absolute Gasteiger partial charge is 0.273 e. The fourth-order valence-corrected chi connectivity index (χ4v) is 1.02. The second-order valence-electron chi connectivity index (χ2n) is 3.01. The van der Waals surface area contributed by atoms with Gasteiger partial charge in [0.2, 0.25) is 0 Å². The molecule has 84 valence electrons. The third-order valence-corrected chi connectivity index (χ3v) is 1.76.